The van der Waals surface area contributed by atoms with Gasteiger partial charge in [0.15, 0.2) is 5.82 Å². The van der Waals surface area contributed by atoms with E-state index < -0.39 is 5.97 Å². The van der Waals surface area contributed by atoms with Crippen molar-refractivity contribution in [2.24, 2.45) is 5.92 Å². The first-order valence-electron chi connectivity index (χ1n) is 6.36. The number of nitrogens with zero attached hydrogens (tertiary/aromatic N) is 3. The largest absolute Gasteiger partial charge is 0.474 e. The van der Waals surface area contributed by atoms with Crippen molar-refractivity contribution >= 4 is 5.97 Å². The standard InChI is InChI=1S/C12H19N3O3/c1-8(2)15-5-3-4-9(7-15)6-10-13-11(12(16)17)18-14-10/h8-9H,3-7H2,1-2H3,(H,16,17). The van der Waals surface area contributed by atoms with E-state index in [4.69, 9.17) is 5.11 Å². The van der Waals surface area contributed by atoms with Crippen LogP contribution in [0.5, 0.6) is 0 Å². The summed E-state index contributed by atoms with van der Waals surface area (Å²) in [6.45, 7) is 6.55. The Bertz CT molecular complexity index is 416. The number of likely N-dealkylation sites (tertiary alicyclic amines) is 1. The Labute approximate surface area is 106 Å². The van der Waals surface area contributed by atoms with Gasteiger partial charge in [-0.15, -0.1) is 0 Å². The van der Waals surface area contributed by atoms with Crippen LogP contribution in [0.4, 0.5) is 0 Å². The van der Waals surface area contributed by atoms with Crippen LogP contribution >= 0.6 is 0 Å². The minimum Gasteiger partial charge on any atom is -0.474 e. The summed E-state index contributed by atoms with van der Waals surface area (Å²) in [6.07, 6.45) is 3.01. The van der Waals surface area contributed by atoms with Gasteiger partial charge in [-0.2, -0.15) is 4.98 Å². The maximum absolute atomic E-state index is 10.6. The second-order valence-electron chi connectivity index (χ2n) is 5.12. The van der Waals surface area contributed by atoms with Crippen molar-refractivity contribution in [2.45, 2.75) is 39.2 Å². The smallest absolute Gasteiger partial charge is 0.394 e. The van der Waals surface area contributed by atoms with E-state index in [1.54, 1.807) is 0 Å². The zero-order valence-corrected chi connectivity index (χ0v) is 10.8. The summed E-state index contributed by atoms with van der Waals surface area (Å²) in [5.74, 6) is -0.494. The fourth-order valence-corrected chi connectivity index (χ4v) is 2.41. The lowest BCUT2D eigenvalue weighted by molar-refractivity contribution is 0.0643. The number of hydrogen-bond acceptors (Lipinski definition) is 5. The highest BCUT2D eigenvalue weighted by molar-refractivity contribution is 5.81. The molecule has 0 radical (unpaired) electrons. The molecular formula is C12H19N3O3. The van der Waals surface area contributed by atoms with Gasteiger partial charge in [-0.3, -0.25) is 0 Å². The summed E-state index contributed by atoms with van der Waals surface area (Å²) < 4.78 is 4.67. The third-order valence-electron chi connectivity index (χ3n) is 3.40. The van der Waals surface area contributed by atoms with Crippen LogP contribution in [0, 0.1) is 5.92 Å². The zero-order valence-electron chi connectivity index (χ0n) is 10.8. The van der Waals surface area contributed by atoms with Crippen LogP contribution < -0.4 is 0 Å². The van der Waals surface area contributed by atoms with Gasteiger partial charge >= 0.3 is 11.9 Å². The number of carboxylic acids is 1. The van der Waals surface area contributed by atoms with Gasteiger partial charge in [-0.25, -0.2) is 4.79 Å². The molecule has 1 saturated heterocycles. The minimum atomic E-state index is -1.17. The van der Waals surface area contributed by atoms with Crippen LogP contribution in [0.15, 0.2) is 4.52 Å². The first-order valence-corrected chi connectivity index (χ1v) is 6.36. The molecule has 2 rings (SSSR count). The molecule has 1 fully saturated rings. The molecule has 0 aliphatic carbocycles. The van der Waals surface area contributed by atoms with Gasteiger partial charge in [0, 0.05) is 19.0 Å². The van der Waals surface area contributed by atoms with E-state index in [9.17, 15) is 4.79 Å². The van der Waals surface area contributed by atoms with Crippen molar-refractivity contribution in [3.63, 3.8) is 0 Å². The third-order valence-corrected chi connectivity index (χ3v) is 3.40. The first-order chi connectivity index (χ1) is 8.56. The van der Waals surface area contributed by atoms with Crippen LogP contribution in [-0.2, 0) is 6.42 Å². The van der Waals surface area contributed by atoms with Crippen LogP contribution in [0.2, 0.25) is 0 Å². The lowest BCUT2D eigenvalue weighted by Gasteiger charge is -2.35. The molecule has 6 heteroatoms. The highest BCUT2D eigenvalue weighted by Crippen LogP contribution is 2.21. The van der Waals surface area contributed by atoms with E-state index in [1.165, 1.54) is 6.42 Å². The molecule has 1 aliphatic heterocycles. The zero-order chi connectivity index (χ0) is 13.1. The Kier molecular flexibility index (Phi) is 3.96. The van der Waals surface area contributed by atoms with Crippen molar-refractivity contribution in [3.8, 4) is 0 Å². The number of carbonyl (C=O) groups is 1. The molecule has 6 nitrogen and oxygen atoms in total. The molecule has 0 bridgehead atoms. The Balaban J connectivity index is 1.94. The number of carboxylic acid groups (broad SMARTS) is 1. The Morgan fingerprint density at radius 2 is 2.39 bits per heavy atom. The SMILES string of the molecule is CC(C)N1CCCC(Cc2noc(C(=O)O)n2)C1. The number of aromatic carboxylic acids is 1. The fourth-order valence-electron chi connectivity index (χ4n) is 2.41. The average molecular weight is 253 g/mol. The predicted octanol–water partition coefficient (Wildman–Crippen LogP) is 1.43. The lowest BCUT2D eigenvalue weighted by Crippen LogP contribution is -2.40. The highest BCUT2D eigenvalue weighted by Gasteiger charge is 2.24. The van der Waals surface area contributed by atoms with Crippen molar-refractivity contribution in [1.82, 2.24) is 15.0 Å². The molecule has 1 unspecified atom stereocenters. The van der Waals surface area contributed by atoms with Crippen molar-refractivity contribution in [3.05, 3.63) is 11.7 Å². The van der Waals surface area contributed by atoms with Crippen molar-refractivity contribution in [2.75, 3.05) is 13.1 Å². The second-order valence-corrected chi connectivity index (χ2v) is 5.12. The van der Waals surface area contributed by atoms with Crippen LogP contribution in [0.1, 0.15) is 43.2 Å². The summed E-state index contributed by atoms with van der Waals surface area (Å²) in [5.41, 5.74) is 0. The maximum Gasteiger partial charge on any atom is 0.394 e. The van der Waals surface area contributed by atoms with Gasteiger partial charge in [0.2, 0.25) is 0 Å². The molecule has 0 saturated carbocycles. The number of piperidine rings is 1. The van der Waals surface area contributed by atoms with Crippen molar-refractivity contribution < 1.29 is 14.4 Å². The number of hydrogen-bond donors (Lipinski definition) is 1. The van der Waals surface area contributed by atoms with Crippen LogP contribution in [-0.4, -0.2) is 45.2 Å². The van der Waals surface area contributed by atoms with E-state index in [2.05, 4.69) is 33.4 Å². The summed E-state index contributed by atoms with van der Waals surface area (Å²) in [5, 5.41) is 12.4. The van der Waals surface area contributed by atoms with E-state index in [0.717, 1.165) is 19.5 Å². The molecule has 1 aliphatic rings. The summed E-state index contributed by atoms with van der Waals surface area (Å²) in [7, 11) is 0. The number of rotatable bonds is 4. The molecule has 18 heavy (non-hydrogen) atoms. The first kappa shape index (κ1) is 13.0. The van der Waals surface area contributed by atoms with E-state index in [0.29, 0.717) is 24.2 Å². The Morgan fingerprint density at radius 3 is 3.00 bits per heavy atom. The third kappa shape index (κ3) is 3.07. The van der Waals surface area contributed by atoms with Gasteiger partial charge in [0.25, 0.3) is 0 Å². The van der Waals surface area contributed by atoms with Gasteiger partial charge < -0.3 is 14.5 Å². The predicted molar refractivity (Wildman–Crippen MR) is 64.4 cm³/mol. The molecule has 100 valence electrons. The molecule has 2 heterocycles. The quantitative estimate of drug-likeness (QED) is 0.874. The molecule has 1 aromatic rings. The summed E-state index contributed by atoms with van der Waals surface area (Å²) in [4.78, 5) is 17.0. The minimum absolute atomic E-state index is 0.318. The van der Waals surface area contributed by atoms with Crippen LogP contribution in [0.3, 0.4) is 0 Å². The Hall–Kier alpha value is -1.43. The normalized spacial score (nSPS) is 21.4. The van der Waals surface area contributed by atoms with E-state index in [1.807, 2.05) is 0 Å². The molecule has 0 aromatic carbocycles. The average Bonchev–Trinajstić information content (AvgIpc) is 2.78. The van der Waals surface area contributed by atoms with Gasteiger partial charge in [0.1, 0.15) is 0 Å². The molecule has 0 amide bonds. The van der Waals surface area contributed by atoms with Gasteiger partial charge in [-0.05, 0) is 39.2 Å². The molecule has 1 atom stereocenters. The molecule has 0 spiro atoms. The molecule has 1 aromatic heterocycles. The second kappa shape index (κ2) is 5.48. The van der Waals surface area contributed by atoms with Crippen molar-refractivity contribution in [1.29, 1.82) is 0 Å². The lowest BCUT2D eigenvalue weighted by atomic mass is 9.94. The summed E-state index contributed by atoms with van der Waals surface area (Å²) >= 11 is 0. The fraction of sp³-hybridized carbons (Fsp3) is 0.750. The Morgan fingerprint density at radius 1 is 1.61 bits per heavy atom. The van der Waals surface area contributed by atoms with Gasteiger partial charge in [0.05, 0.1) is 0 Å². The van der Waals surface area contributed by atoms with Crippen LogP contribution in [0.25, 0.3) is 0 Å². The maximum atomic E-state index is 10.6. The van der Waals surface area contributed by atoms with Gasteiger partial charge in [-0.1, -0.05) is 5.16 Å². The monoisotopic (exact) mass is 253 g/mol. The molecular weight excluding hydrogens is 234 g/mol. The van der Waals surface area contributed by atoms with E-state index in [-0.39, 0.29) is 5.89 Å². The number of aromatic nitrogens is 2. The summed E-state index contributed by atoms with van der Waals surface area (Å²) in [6, 6.07) is 0.549. The molecule has 1 N–H and O–H groups in total. The highest BCUT2D eigenvalue weighted by atomic mass is 16.5. The topological polar surface area (TPSA) is 79.5 Å². The van der Waals surface area contributed by atoms with E-state index >= 15 is 0 Å².